The van der Waals surface area contributed by atoms with E-state index in [1.54, 1.807) is 0 Å². The number of benzene rings is 2. The van der Waals surface area contributed by atoms with Crippen molar-refractivity contribution in [2.75, 3.05) is 18.9 Å². The Morgan fingerprint density at radius 1 is 0.923 bits per heavy atom. The molecule has 0 bridgehead atoms. The summed E-state index contributed by atoms with van der Waals surface area (Å²) >= 11 is 0. The average Bonchev–Trinajstić information content (AvgIpc) is 2.62. The standard InChI is InChI=1S/C21H27N3O2/c1-3-7-20(25)23-19-12-10-17(11-13-19)14-22-21(26)16-24(2)15-18-8-5-4-6-9-18/h4-6,8-13H,3,7,14-16H2,1-2H3,(H,22,26)(H,23,25). The number of carbonyl (C=O) groups excluding carboxylic acids is 2. The van der Waals surface area contributed by atoms with Gasteiger partial charge in [-0.05, 0) is 36.7 Å². The number of carbonyl (C=O) groups is 2. The van der Waals surface area contributed by atoms with Gasteiger partial charge in [-0.1, -0.05) is 49.4 Å². The highest BCUT2D eigenvalue weighted by atomic mass is 16.2. The van der Waals surface area contributed by atoms with Gasteiger partial charge in [-0.3, -0.25) is 14.5 Å². The van der Waals surface area contributed by atoms with E-state index in [9.17, 15) is 9.59 Å². The first-order valence-corrected chi connectivity index (χ1v) is 8.94. The molecule has 0 aromatic heterocycles. The lowest BCUT2D eigenvalue weighted by Gasteiger charge is -2.16. The number of nitrogens with zero attached hydrogens (tertiary/aromatic N) is 1. The third-order valence-corrected chi connectivity index (χ3v) is 3.91. The highest BCUT2D eigenvalue weighted by Gasteiger charge is 2.07. The second-order valence-electron chi connectivity index (χ2n) is 6.43. The molecule has 0 spiro atoms. The van der Waals surface area contributed by atoms with Crippen molar-refractivity contribution < 1.29 is 9.59 Å². The zero-order valence-corrected chi connectivity index (χ0v) is 15.5. The van der Waals surface area contributed by atoms with E-state index in [0.717, 1.165) is 24.2 Å². The molecule has 0 fully saturated rings. The largest absolute Gasteiger partial charge is 0.351 e. The first-order chi connectivity index (χ1) is 12.6. The molecule has 0 atom stereocenters. The first-order valence-electron chi connectivity index (χ1n) is 8.94. The monoisotopic (exact) mass is 353 g/mol. The van der Waals surface area contributed by atoms with Gasteiger partial charge < -0.3 is 10.6 Å². The lowest BCUT2D eigenvalue weighted by atomic mass is 10.2. The van der Waals surface area contributed by atoms with E-state index in [4.69, 9.17) is 0 Å². The van der Waals surface area contributed by atoms with Crippen LogP contribution in [0.5, 0.6) is 0 Å². The highest BCUT2D eigenvalue weighted by Crippen LogP contribution is 2.10. The van der Waals surface area contributed by atoms with Gasteiger partial charge in [-0.15, -0.1) is 0 Å². The molecule has 0 unspecified atom stereocenters. The van der Waals surface area contributed by atoms with Crippen LogP contribution in [-0.4, -0.2) is 30.3 Å². The van der Waals surface area contributed by atoms with Gasteiger partial charge in [0.25, 0.3) is 0 Å². The second-order valence-corrected chi connectivity index (χ2v) is 6.43. The van der Waals surface area contributed by atoms with Crippen molar-refractivity contribution in [3.63, 3.8) is 0 Å². The van der Waals surface area contributed by atoms with E-state index >= 15 is 0 Å². The number of anilines is 1. The maximum Gasteiger partial charge on any atom is 0.234 e. The Balaban J connectivity index is 1.73. The Bertz CT molecular complexity index is 699. The number of rotatable bonds is 9. The van der Waals surface area contributed by atoms with Gasteiger partial charge in [0.15, 0.2) is 0 Å². The van der Waals surface area contributed by atoms with E-state index in [2.05, 4.69) is 22.8 Å². The molecule has 0 heterocycles. The van der Waals surface area contributed by atoms with Crippen molar-refractivity contribution in [1.29, 1.82) is 0 Å². The zero-order chi connectivity index (χ0) is 18.8. The second kappa shape index (κ2) is 10.4. The van der Waals surface area contributed by atoms with E-state index < -0.39 is 0 Å². The zero-order valence-electron chi connectivity index (χ0n) is 15.5. The lowest BCUT2D eigenvalue weighted by molar-refractivity contribution is -0.122. The van der Waals surface area contributed by atoms with Crippen LogP contribution in [0.25, 0.3) is 0 Å². The number of hydrogen-bond acceptors (Lipinski definition) is 3. The summed E-state index contributed by atoms with van der Waals surface area (Å²) in [7, 11) is 1.93. The average molecular weight is 353 g/mol. The topological polar surface area (TPSA) is 61.4 Å². The van der Waals surface area contributed by atoms with E-state index in [0.29, 0.717) is 19.5 Å². The van der Waals surface area contributed by atoms with E-state index in [1.165, 1.54) is 5.56 Å². The van der Waals surface area contributed by atoms with Crippen LogP contribution in [0.3, 0.4) is 0 Å². The molecule has 0 aliphatic carbocycles. The minimum absolute atomic E-state index is 0.0104. The fourth-order valence-electron chi connectivity index (χ4n) is 2.61. The molecule has 0 aliphatic rings. The Morgan fingerprint density at radius 3 is 2.27 bits per heavy atom. The van der Waals surface area contributed by atoms with Crippen LogP contribution in [0.1, 0.15) is 30.9 Å². The minimum Gasteiger partial charge on any atom is -0.351 e. The summed E-state index contributed by atoms with van der Waals surface area (Å²) in [6, 6.07) is 17.6. The molecule has 0 radical (unpaired) electrons. The molecule has 2 amide bonds. The fourth-order valence-corrected chi connectivity index (χ4v) is 2.61. The summed E-state index contributed by atoms with van der Waals surface area (Å²) in [5, 5.41) is 5.78. The van der Waals surface area contributed by atoms with Crippen molar-refractivity contribution in [2.45, 2.75) is 32.9 Å². The molecular weight excluding hydrogens is 326 g/mol. The van der Waals surface area contributed by atoms with Crippen molar-refractivity contribution in [1.82, 2.24) is 10.2 Å². The van der Waals surface area contributed by atoms with Gasteiger partial charge in [0.05, 0.1) is 6.54 Å². The molecule has 138 valence electrons. The summed E-state index contributed by atoms with van der Waals surface area (Å²) in [6.07, 6.45) is 1.35. The third kappa shape index (κ3) is 7.07. The van der Waals surface area contributed by atoms with Crippen LogP contribution < -0.4 is 10.6 Å². The number of nitrogens with one attached hydrogen (secondary N) is 2. The molecule has 0 aliphatic heterocycles. The molecule has 2 N–H and O–H groups in total. The van der Waals surface area contributed by atoms with Crippen molar-refractivity contribution in [2.24, 2.45) is 0 Å². The van der Waals surface area contributed by atoms with Crippen molar-refractivity contribution in [3.05, 3.63) is 65.7 Å². The maximum atomic E-state index is 12.1. The van der Waals surface area contributed by atoms with Crippen LogP contribution in [0.4, 0.5) is 5.69 Å². The number of likely N-dealkylation sites (N-methyl/N-ethyl adjacent to an activating group) is 1. The van der Waals surface area contributed by atoms with E-state index in [1.807, 2.05) is 61.3 Å². The Labute approximate surface area is 155 Å². The summed E-state index contributed by atoms with van der Waals surface area (Å²) in [6.45, 7) is 3.53. The molecule has 2 rings (SSSR count). The van der Waals surface area contributed by atoms with Gasteiger partial charge in [-0.2, -0.15) is 0 Å². The van der Waals surface area contributed by atoms with Gasteiger partial charge in [-0.25, -0.2) is 0 Å². The Morgan fingerprint density at radius 2 is 1.62 bits per heavy atom. The normalized spacial score (nSPS) is 10.6. The summed E-state index contributed by atoms with van der Waals surface area (Å²) < 4.78 is 0. The summed E-state index contributed by atoms with van der Waals surface area (Å²) in [4.78, 5) is 25.6. The number of amides is 2. The van der Waals surface area contributed by atoms with Crippen molar-refractivity contribution >= 4 is 17.5 Å². The quantitative estimate of drug-likeness (QED) is 0.728. The van der Waals surface area contributed by atoms with Crippen LogP contribution >= 0.6 is 0 Å². The van der Waals surface area contributed by atoms with Gasteiger partial charge >= 0.3 is 0 Å². The molecule has 0 saturated heterocycles. The van der Waals surface area contributed by atoms with E-state index in [-0.39, 0.29) is 11.8 Å². The minimum atomic E-state index is -0.0104. The number of hydrogen-bond donors (Lipinski definition) is 2. The van der Waals surface area contributed by atoms with Crippen LogP contribution in [0.2, 0.25) is 0 Å². The molecule has 5 nitrogen and oxygen atoms in total. The molecule has 2 aromatic rings. The third-order valence-electron chi connectivity index (χ3n) is 3.91. The van der Waals surface area contributed by atoms with Crippen LogP contribution in [0, 0.1) is 0 Å². The van der Waals surface area contributed by atoms with Gasteiger partial charge in [0.2, 0.25) is 11.8 Å². The molecule has 0 saturated carbocycles. The predicted molar refractivity (Wildman–Crippen MR) is 105 cm³/mol. The van der Waals surface area contributed by atoms with Crippen molar-refractivity contribution in [3.8, 4) is 0 Å². The van der Waals surface area contributed by atoms with Gasteiger partial charge in [0, 0.05) is 25.2 Å². The lowest BCUT2D eigenvalue weighted by Crippen LogP contribution is -2.34. The van der Waals surface area contributed by atoms with Crippen LogP contribution in [0.15, 0.2) is 54.6 Å². The highest BCUT2D eigenvalue weighted by molar-refractivity contribution is 5.90. The predicted octanol–water partition coefficient (Wildman–Crippen LogP) is 3.17. The SMILES string of the molecule is CCCC(=O)Nc1ccc(CNC(=O)CN(C)Cc2ccccc2)cc1. The molecule has 5 heteroatoms. The maximum absolute atomic E-state index is 12.1. The summed E-state index contributed by atoms with van der Waals surface area (Å²) in [5.74, 6) is 0.0127. The summed E-state index contributed by atoms with van der Waals surface area (Å²) in [5.41, 5.74) is 2.96. The Kier molecular flexibility index (Phi) is 7.83. The first kappa shape index (κ1) is 19.7. The molecular formula is C21H27N3O2. The smallest absolute Gasteiger partial charge is 0.234 e. The Hall–Kier alpha value is -2.66. The van der Waals surface area contributed by atoms with Gasteiger partial charge in [0.1, 0.15) is 0 Å². The fraction of sp³-hybridized carbons (Fsp3) is 0.333. The molecule has 2 aromatic carbocycles. The van der Waals surface area contributed by atoms with Crippen LogP contribution in [-0.2, 0) is 22.7 Å². The molecule has 26 heavy (non-hydrogen) atoms.